The van der Waals surface area contributed by atoms with Gasteiger partial charge in [0.1, 0.15) is 12.4 Å². The number of carbonyl (C=O) groups is 1. The molecule has 33 heavy (non-hydrogen) atoms. The summed E-state index contributed by atoms with van der Waals surface area (Å²) in [6, 6.07) is 13.4. The highest BCUT2D eigenvalue weighted by molar-refractivity contribution is 8.24. The van der Waals surface area contributed by atoms with Crippen LogP contribution in [0.5, 0.6) is 5.75 Å². The van der Waals surface area contributed by atoms with Gasteiger partial charge >= 0.3 is 5.97 Å². The standard InChI is InChI=1S/C24H33NO6S2/c1-4-5-11-24(2)15-25(17-9-7-6-8-10-17)18-12-21(32-3)20(31-14-19(26)23(27)28)13-22(18)33(29,30)16-24/h6-10,12-13,19,26,29-30H,4-5,11,14-16H2,1-3H3,(H,27,28). The fraction of sp³-hybridized carbons (Fsp3) is 0.458. The number of aliphatic hydroxyl groups excluding tert-OH is 1. The first-order chi connectivity index (χ1) is 15.6. The van der Waals surface area contributed by atoms with Crippen molar-refractivity contribution in [2.24, 2.45) is 5.41 Å². The number of fused-ring (bicyclic) bond motifs is 1. The third-order valence-electron chi connectivity index (χ3n) is 5.86. The average Bonchev–Trinajstić information content (AvgIpc) is 2.87. The summed E-state index contributed by atoms with van der Waals surface area (Å²) in [6.07, 6.45) is 3.07. The Morgan fingerprint density at radius 3 is 2.58 bits per heavy atom. The van der Waals surface area contributed by atoms with Crippen LogP contribution in [0.15, 0.2) is 52.3 Å². The van der Waals surface area contributed by atoms with Gasteiger partial charge in [-0.15, -0.1) is 11.8 Å². The zero-order valence-electron chi connectivity index (χ0n) is 19.2. The van der Waals surface area contributed by atoms with Crippen LogP contribution in [0, 0.1) is 5.41 Å². The van der Waals surface area contributed by atoms with E-state index in [-0.39, 0.29) is 11.2 Å². The third kappa shape index (κ3) is 5.96. The van der Waals surface area contributed by atoms with Crippen LogP contribution in [0.2, 0.25) is 0 Å². The van der Waals surface area contributed by atoms with E-state index in [1.807, 2.05) is 42.7 Å². The van der Waals surface area contributed by atoms with E-state index in [2.05, 4.69) is 18.7 Å². The number of carboxylic acid groups (broad SMARTS) is 1. The monoisotopic (exact) mass is 495 g/mol. The minimum absolute atomic E-state index is 0.228. The van der Waals surface area contributed by atoms with Gasteiger partial charge < -0.3 is 19.8 Å². The van der Waals surface area contributed by atoms with E-state index < -0.39 is 29.3 Å². The number of unbranched alkanes of at least 4 members (excludes halogenated alkanes) is 1. The zero-order chi connectivity index (χ0) is 24.2. The molecule has 2 aromatic rings. The second-order valence-corrected chi connectivity index (χ2v) is 11.7. The van der Waals surface area contributed by atoms with Crippen LogP contribution >= 0.6 is 22.4 Å². The van der Waals surface area contributed by atoms with E-state index in [1.165, 1.54) is 11.8 Å². The second kappa shape index (κ2) is 10.6. The van der Waals surface area contributed by atoms with E-state index in [1.54, 1.807) is 6.07 Å². The number of aliphatic hydroxyl groups is 1. The van der Waals surface area contributed by atoms with E-state index in [4.69, 9.17) is 9.84 Å². The molecule has 2 aromatic carbocycles. The summed E-state index contributed by atoms with van der Waals surface area (Å²) in [5.41, 5.74) is 1.33. The molecule has 4 N–H and O–H groups in total. The fourth-order valence-electron chi connectivity index (χ4n) is 4.18. The second-order valence-electron chi connectivity index (χ2n) is 8.78. The number of anilines is 2. The maximum atomic E-state index is 11.4. The van der Waals surface area contributed by atoms with E-state index >= 15 is 0 Å². The van der Waals surface area contributed by atoms with Crippen molar-refractivity contribution in [3.8, 4) is 5.75 Å². The van der Waals surface area contributed by atoms with Crippen LogP contribution in [-0.2, 0) is 4.79 Å². The molecule has 3 rings (SSSR count). The Hall–Kier alpha value is -1.91. The van der Waals surface area contributed by atoms with Crippen molar-refractivity contribution >= 4 is 39.7 Å². The van der Waals surface area contributed by atoms with Crippen molar-refractivity contribution in [3.05, 3.63) is 42.5 Å². The van der Waals surface area contributed by atoms with Gasteiger partial charge in [-0.3, -0.25) is 9.11 Å². The van der Waals surface area contributed by atoms with Crippen molar-refractivity contribution in [1.82, 2.24) is 0 Å². The SMILES string of the molecule is CCCCC1(C)CN(c2ccccc2)c2cc(SC)c(OCC(O)C(=O)O)cc2S(O)(O)C1. The predicted octanol–water partition coefficient (Wildman–Crippen LogP) is 5.69. The Balaban J connectivity index is 2.13. The number of nitrogens with zero attached hydrogens (tertiary/aromatic N) is 1. The Bertz CT molecular complexity index is 971. The molecule has 0 bridgehead atoms. The number of aliphatic carboxylic acids is 1. The Morgan fingerprint density at radius 1 is 1.27 bits per heavy atom. The summed E-state index contributed by atoms with van der Waals surface area (Å²) < 4.78 is 28.4. The Kier molecular flexibility index (Phi) is 8.23. The van der Waals surface area contributed by atoms with Crippen LogP contribution in [0.25, 0.3) is 0 Å². The van der Waals surface area contributed by atoms with Gasteiger partial charge in [0.05, 0.1) is 15.5 Å². The number of hydrogen-bond donors (Lipinski definition) is 4. The van der Waals surface area contributed by atoms with Gasteiger partial charge in [-0.1, -0.05) is 44.9 Å². The summed E-state index contributed by atoms with van der Waals surface area (Å²) in [4.78, 5) is 14.2. The van der Waals surface area contributed by atoms with Crippen LogP contribution in [-0.4, -0.2) is 56.6 Å². The zero-order valence-corrected chi connectivity index (χ0v) is 20.9. The fourth-order valence-corrected chi connectivity index (χ4v) is 6.90. The smallest absolute Gasteiger partial charge is 0.336 e. The number of para-hydroxylation sites is 1. The van der Waals surface area contributed by atoms with Crippen molar-refractivity contribution in [2.75, 3.05) is 30.1 Å². The molecule has 2 atom stereocenters. The largest absolute Gasteiger partial charge is 0.489 e. The third-order valence-corrected chi connectivity index (χ3v) is 8.75. The molecule has 0 fully saturated rings. The number of carboxylic acids is 1. The number of hydrogen-bond acceptors (Lipinski definition) is 7. The lowest BCUT2D eigenvalue weighted by Crippen LogP contribution is -2.35. The number of benzene rings is 2. The molecule has 1 aliphatic heterocycles. The minimum atomic E-state index is -3.17. The summed E-state index contributed by atoms with van der Waals surface area (Å²) in [5.74, 6) is -0.819. The van der Waals surface area contributed by atoms with Gasteiger partial charge in [-0.05, 0) is 30.9 Å². The molecule has 0 saturated heterocycles. The number of thioether (sulfide) groups is 1. The average molecular weight is 496 g/mol. The van der Waals surface area contributed by atoms with Crippen molar-refractivity contribution in [2.45, 2.75) is 49.0 Å². The molecule has 2 unspecified atom stereocenters. The molecular weight excluding hydrogens is 462 g/mol. The molecule has 0 amide bonds. The molecule has 1 heterocycles. The van der Waals surface area contributed by atoms with Gasteiger partial charge in [0.25, 0.3) is 0 Å². The summed E-state index contributed by atoms with van der Waals surface area (Å²) in [6.45, 7) is 4.43. The first-order valence-corrected chi connectivity index (χ1v) is 13.9. The van der Waals surface area contributed by atoms with Crippen LogP contribution in [0.3, 0.4) is 0 Å². The maximum Gasteiger partial charge on any atom is 0.336 e. The van der Waals surface area contributed by atoms with Gasteiger partial charge in [0, 0.05) is 29.5 Å². The topological polar surface area (TPSA) is 110 Å². The molecule has 182 valence electrons. The van der Waals surface area contributed by atoms with Gasteiger partial charge in [-0.2, -0.15) is 10.6 Å². The molecule has 0 radical (unpaired) electrons. The van der Waals surface area contributed by atoms with E-state index in [0.717, 1.165) is 29.8 Å². The van der Waals surface area contributed by atoms with Gasteiger partial charge in [0.15, 0.2) is 6.10 Å². The minimum Gasteiger partial charge on any atom is -0.489 e. The molecule has 0 aromatic heterocycles. The van der Waals surface area contributed by atoms with Crippen molar-refractivity contribution in [1.29, 1.82) is 0 Å². The Labute approximate surface area is 201 Å². The molecule has 7 nitrogen and oxygen atoms in total. The van der Waals surface area contributed by atoms with Crippen molar-refractivity contribution < 1.29 is 28.8 Å². The van der Waals surface area contributed by atoms with Crippen LogP contribution in [0.4, 0.5) is 11.4 Å². The van der Waals surface area contributed by atoms with Crippen LogP contribution < -0.4 is 9.64 Å². The molecule has 1 aliphatic rings. The highest BCUT2D eigenvalue weighted by Gasteiger charge is 2.40. The number of rotatable bonds is 9. The van der Waals surface area contributed by atoms with Crippen molar-refractivity contribution in [3.63, 3.8) is 0 Å². The molecule has 0 spiro atoms. The van der Waals surface area contributed by atoms with E-state index in [9.17, 15) is 19.0 Å². The normalized spacial score (nSPS) is 21.6. The van der Waals surface area contributed by atoms with Crippen LogP contribution in [0.1, 0.15) is 33.1 Å². The summed E-state index contributed by atoms with van der Waals surface area (Å²) in [5, 5.41) is 18.6. The quantitative estimate of drug-likeness (QED) is 0.328. The molecule has 9 heteroatoms. The maximum absolute atomic E-state index is 11.4. The summed E-state index contributed by atoms with van der Waals surface area (Å²) in [7, 11) is -3.17. The first-order valence-electron chi connectivity index (χ1n) is 10.9. The number of ether oxygens (including phenoxy) is 1. The Morgan fingerprint density at radius 2 is 1.97 bits per heavy atom. The highest BCUT2D eigenvalue weighted by atomic mass is 32.3. The highest BCUT2D eigenvalue weighted by Crippen LogP contribution is 2.61. The lowest BCUT2D eigenvalue weighted by atomic mass is 9.86. The molecule has 0 saturated carbocycles. The van der Waals surface area contributed by atoms with Gasteiger partial charge in [0.2, 0.25) is 0 Å². The van der Waals surface area contributed by atoms with E-state index in [0.29, 0.717) is 22.9 Å². The lowest BCUT2D eigenvalue weighted by Gasteiger charge is -2.39. The lowest BCUT2D eigenvalue weighted by molar-refractivity contribution is -0.148. The molecule has 0 aliphatic carbocycles. The summed E-state index contributed by atoms with van der Waals surface area (Å²) >= 11 is 1.41. The first kappa shape index (κ1) is 25.7. The predicted molar refractivity (Wildman–Crippen MR) is 134 cm³/mol. The van der Waals surface area contributed by atoms with Gasteiger partial charge in [-0.25, -0.2) is 4.79 Å². The molecular formula is C24H33NO6S2.